The summed E-state index contributed by atoms with van der Waals surface area (Å²) >= 11 is 0. The number of carbonyl (C=O) groups is 2. The molecule has 0 heterocycles. The standard InChI is InChI=1S/C23H21FN2O4/c1-15(22(27)25-18-7-5-17(24)6-8-18)30-21-11-3-16(4-12-21)23(28)26-19-9-13-20(29-2)14-10-19/h3-15H,1-2H3,(H,25,27)(H,26,28). The van der Waals surface area contributed by atoms with Crippen LogP contribution in [0.4, 0.5) is 15.8 Å². The molecule has 0 saturated heterocycles. The number of rotatable bonds is 7. The Morgan fingerprint density at radius 2 is 1.33 bits per heavy atom. The van der Waals surface area contributed by atoms with Gasteiger partial charge < -0.3 is 20.1 Å². The van der Waals surface area contributed by atoms with Gasteiger partial charge >= 0.3 is 0 Å². The minimum atomic E-state index is -0.783. The van der Waals surface area contributed by atoms with Crippen molar-refractivity contribution >= 4 is 23.2 Å². The van der Waals surface area contributed by atoms with Crippen molar-refractivity contribution in [1.29, 1.82) is 0 Å². The summed E-state index contributed by atoms with van der Waals surface area (Å²) in [7, 11) is 1.57. The van der Waals surface area contributed by atoms with Gasteiger partial charge in [-0.1, -0.05) is 0 Å². The molecule has 3 rings (SSSR count). The van der Waals surface area contributed by atoms with E-state index in [0.29, 0.717) is 28.4 Å². The lowest BCUT2D eigenvalue weighted by molar-refractivity contribution is -0.122. The van der Waals surface area contributed by atoms with E-state index >= 15 is 0 Å². The van der Waals surface area contributed by atoms with Gasteiger partial charge in [-0.15, -0.1) is 0 Å². The zero-order valence-corrected chi connectivity index (χ0v) is 16.5. The Bertz CT molecular complexity index is 1000. The van der Waals surface area contributed by atoms with Crippen LogP contribution >= 0.6 is 0 Å². The van der Waals surface area contributed by atoms with Crippen molar-refractivity contribution < 1.29 is 23.5 Å². The molecule has 3 aromatic carbocycles. The summed E-state index contributed by atoms with van der Waals surface area (Å²) in [6.45, 7) is 1.60. The Balaban J connectivity index is 1.55. The first-order valence-corrected chi connectivity index (χ1v) is 9.23. The summed E-state index contributed by atoms with van der Waals surface area (Å²) < 4.78 is 23.6. The summed E-state index contributed by atoms with van der Waals surface area (Å²) in [5.74, 6) is 0.120. The molecule has 2 N–H and O–H groups in total. The number of benzene rings is 3. The second kappa shape index (κ2) is 9.56. The maximum atomic E-state index is 12.9. The highest BCUT2D eigenvalue weighted by molar-refractivity contribution is 6.04. The van der Waals surface area contributed by atoms with Crippen LogP contribution in [0.15, 0.2) is 72.8 Å². The van der Waals surface area contributed by atoms with Crippen molar-refractivity contribution in [2.45, 2.75) is 13.0 Å². The summed E-state index contributed by atoms with van der Waals surface area (Å²) in [6.07, 6.45) is -0.783. The van der Waals surface area contributed by atoms with E-state index in [1.54, 1.807) is 62.6 Å². The smallest absolute Gasteiger partial charge is 0.265 e. The quantitative estimate of drug-likeness (QED) is 0.604. The number of hydrogen-bond acceptors (Lipinski definition) is 4. The lowest BCUT2D eigenvalue weighted by Gasteiger charge is -2.15. The predicted octanol–water partition coefficient (Wildman–Crippen LogP) is 4.49. The van der Waals surface area contributed by atoms with Crippen molar-refractivity contribution in [3.05, 3.63) is 84.2 Å². The second-order valence-electron chi connectivity index (χ2n) is 6.46. The van der Waals surface area contributed by atoms with Crippen LogP contribution in [0.25, 0.3) is 0 Å². The minimum Gasteiger partial charge on any atom is -0.497 e. The Labute approximate surface area is 173 Å². The van der Waals surface area contributed by atoms with Gasteiger partial charge in [0, 0.05) is 16.9 Å². The molecule has 0 bridgehead atoms. The largest absolute Gasteiger partial charge is 0.497 e. The van der Waals surface area contributed by atoms with E-state index in [0.717, 1.165) is 0 Å². The number of nitrogens with one attached hydrogen (secondary N) is 2. The van der Waals surface area contributed by atoms with E-state index in [4.69, 9.17) is 9.47 Å². The molecule has 0 aliphatic carbocycles. The summed E-state index contributed by atoms with van der Waals surface area (Å²) in [4.78, 5) is 24.6. The average Bonchev–Trinajstić information content (AvgIpc) is 2.76. The van der Waals surface area contributed by atoms with Gasteiger partial charge in [-0.25, -0.2) is 4.39 Å². The Kier molecular flexibility index (Phi) is 6.64. The third-order valence-corrected chi connectivity index (χ3v) is 4.26. The normalized spacial score (nSPS) is 11.3. The number of hydrogen-bond donors (Lipinski definition) is 2. The number of ether oxygens (including phenoxy) is 2. The third-order valence-electron chi connectivity index (χ3n) is 4.26. The summed E-state index contributed by atoms with van der Waals surface area (Å²) in [6, 6.07) is 18.9. The van der Waals surface area contributed by atoms with E-state index in [1.165, 1.54) is 24.3 Å². The van der Waals surface area contributed by atoms with E-state index in [-0.39, 0.29) is 17.6 Å². The molecule has 0 aliphatic heterocycles. The highest BCUT2D eigenvalue weighted by Gasteiger charge is 2.15. The van der Waals surface area contributed by atoms with Gasteiger partial charge in [0.25, 0.3) is 11.8 Å². The van der Waals surface area contributed by atoms with Gasteiger partial charge in [-0.2, -0.15) is 0 Å². The number of halogens is 1. The molecular formula is C23H21FN2O4. The number of anilines is 2. The van der Waals surface area contributed by atoms with Crippen molar-refractivity contribution in [3.63, 3.8) is 0 Å². The van der Waals surface area contributed by atoms with Gasteiger partial charge in [-0.05, 0) is 79.7 Å². The van der Waals surface area contributed by atoms with Gasteiger partial charge in [0.1, 0.15) is 17.3 Å². The first kappa shape index (κ1) is 20.9. The Morgan fingerprint density at radius 1 is 0.800 bits per heavy atom. The molecule has 3 aromatic rings. The zero-order valence-electron chi connectivity index (χ0n) is 16.5. The minimum absolute atomic E-state index is 0.270. The fraction of sp³-hybridized carbons (Fsp3) is 0.130. The van der Waals surface area contributed by atoms with E-state index in [9.17, 15) is 14.0 Å². The van der Waals surface area contributed by atoms with Crippen molar-refractivity contribution in [1.82, 2.24) is 0 Å². The van der Waals surface area contributed by atoms with Gasteiger partial charge in [-0.3, -0.25) is 9.59 Å². The van der Waals surface area contributed by atoms with Gasteiger partial charge in [0.05, 0.1) is 7.11 Å². The molecule has 2 amide bonds. The van der Waals surface area contributed by atoms with Gasteiger partial charge in [0.15, 0.2) is 6.10 Å². The van der Waals surface area contributed by atoms with Gasteiger partial charge in [0.2, 0.25) is 0 Å². The van der Waals surface area contributed by atoms with Crippen molar-refractivity contribution in [2.75, 3.05) is 17.7 Å². The average molecular weight is 408 g/mol. The Morgan fingerprint density at radius 3 is 1.93 bits per heavy atom. The zero-order chi connectivity index (χ0) is 21.5. The molecule has 1 unspecified atom stereocenters. The van der Waals surface area contributed by atoms with Crippen LogP contribution < -0.4 is 20.1 Å². The SMILES string of the molecule is COc1ccc(NC(=O)c2ccc(OC(C)C(=O)Nc3ccc(F)cc3)cc2)cc1. The van der Waals surface area contributed by atoms with Crippen LogP contribution in [0, 0.1) is 5.82 Å². The van der Waals surface area contributed by atoms with Crippen LogP contribution in [0.1, 0.15) is 17.3 Å². The fourth-order valence-corrected chi connectivity index (χ4v) is 2.60. The van der Waals surface area contributed by atoms with E-state index in [1.807, 2.05) is 0 Å². The molecule has 0 radical (unpaired) electrons. The molecule has 154 valence electrons. The maximum Gasteiger partial charge on any atom is 0.265 e. The second-order valence-corrected chi connectivity index (χ2v) is 6.46. The highest BCUT2D eigenvalue weighted by Crippen LogP contribution is 2.18. The molecular weight excluding hydrogens is 387 g/mol. The summed E-state index contributed by atoms with van der Waals surface area (Å²) in [5, 5.41) is 5.44. The van der Waals surface area contributed by atoms with Crippen molar-refractivity contribution in [2.24, 2.45) is 0 Å². The van der Waals surface area contributed by atoms with Crippen LogP contribution in [0.5, 0.6) is 11.5 Å². The molecule has 0 saturated carbocycles. The van der Waals surface area contributed by atoms with Crippen molar-refractivity contribution in [3.8, 4) is 11.5 Å². The molecule has 0 fully saturated rings. The molecule has 0 spiro atoms. The molecule has 1 atom stereocenters. The molecule has 0 aromatic heterocycles. The number of amides is 2. The maximum absolute atomic E-state index is 12.9. The van der Waals surface area contributed by atoms with Crippen LogP contribution in [0.3, 0.4) is 0 Å². The third kappa shape index (κ3) is 5.57. The monoisotopic (exact) mass is 408 g/mol. The summed E-state index contributed by atoms with van der Waals surface area (Å²) in [5.41, 5.74) is 1.57. The number of methoxy groups -OCH3 is 1. The van der Waals surface area contributed by atoms with E-state index < -0.39 is 6.10 Å². The molecule has 30 heavy (non-hydrogen) atoms. The molecule has 7 heteroatoms. The first-order valence-electron chi connectivity index (χ1n) is 9.23. The van der Waals surface area contributed by atoms with Crippen LogP contribution in [-0.4, -0.2) is 25.0 Å². The fourth-order valence-electron chi connectivity index (χ4n) is 2.60. The van der Waals surface area contributed by atoms with E-state index in [2.05, 4.69) is 10.6 Å². The number of carbonyl (C=O) groups excluding carboxylic acids is 2. The van der Waals surface area contributed by atoms with Crippen LogP contribution in [-0.2, 0) is 4.79 Å². The predicted molar refractivity (Wildman–Crippen MR) is 113 cm³/mol. The molecule has 6 nitrogen and oxygen atoms in total. The molecule has 0 aliphatic rings. The first-order chi connectivity index (χ1) is 14.4. The lowest BCUT2D eigenvalue weighted by atomic mass is 10.2. The highest BCUT2D eigenvalue weighted by atomic mass is 19.1. The topological polar surface area (TPSA) is 76.7 Å². The van der Waals surface area contributed by atoms with Crippen LogP contribution in [0.2, 0.25) is 0 Å². The lowest BCUT2D eigenvalue weighted by Crippen LogP contribution is -2.30. The Hall–Kier alpha value is -3.87.